The van der Waals surface area contributed by atoms with E-state index >= 15 is 0 Å². The number of aryl methyl sites for hydroxylation is 1. The third-order valence-corrected chi connectivity index (χ3v) is 3.72. The molecule has 3 rings (SSSR count). The largest absolute Gasteiger partial charge is 0.496 e. The molecule has 2 N–H and O–H groups in total. The molecule has 3 aromatic rings. The minimum Gasteiger partial charge on any atom is -0.496 e. The zero-order valence-electron chi connectivity index (χ0n) is 12.3. The number of para-hydroxylation sites is 1. The van der Waals surface area contributed by atoms with Gasteiger partial charge in [-0.15, -0.1) is 0 Å². The Morgan fingerprint density at radius 1 is 1.05 bits per heavy atom. The van der Waals surface area contributed by atoms with E-state index in [-0.39, 0.29) is 0 Å². The maximum absolute atomic E-state index is 5.82. The van der Waals surface area contributed by atoms with E-state index in [0.29, 0.717) is 6.54 Å². The predicted octanol–water partition coefficient (Wildman–Crippen LogP) is 3.68. The molecular formula is C18H18N2O. The fraction of sp³-hybridized carbons (Fsp3) is 0.167. The van der Waals surface area contributed by atoms with Crippen LogP contribution in [0.5, 0.6) is 5.75 Å². The van der Waals surface area contributed by atoms with E-state index in [2.05, 4.69) is 36.2 Å². The van der Waals surface area contributed by atoms with E-state index < -0.39 is 0 Å². The first-order valence-corrected chi connectivity index (χ1v) is 6.96. The van der Waals surface area contributed by atoms with Crippen molar-refractivity contribution in [1.82, 2.24) is 4.98 Å². The highest BCUT2D eigenvalue weighted by molar-refractivity contribution is 5.98. The smallest absolute Gasteiger partial charge is 0.126 e. The van der Waals surface area contributed by atoms with Gasteiger partial charge in [-0.05, 0) is 24.4 Å². The van der Waals surface area contributed by atoms with Crippen LogP contribution in [0.4, 0.5) is 0 Å². The van der Waals surface area contributed by atoms with Gasteiger partial charge in [-0.3, -0.25) is 4.98 Å². The van der Waals surface area contributed by atoms with Crippen LogP contribution in [-0.2, 0) is 6.54 Å². The number of methoxy groups -OCH3 is 1. The second-order valence-electron chi connectivity index (χ2n) is 5.07. The Balaban J connectivity index is 2.34. The second kappa shape index (κ2) is 5.54. The van der Waals surface area contributed by atoms with Crippen LogP contribution >= 0.6 is 0 Å². The number of rotatable bonds is 3. The normalized spacial score (nSPS) is 10.8. The average Bonchev–Trinajstić information content (AvgIpc) is 2.53. The van der Waals surface area contributed by atoms with Crippen molar-refractivity contribution >= 4 is 10.8 Å². The van der Waals surface area contributed by atoms with Crippen molar-refractivity contribution in [1.29, 1.82) is 0 Å². The van der Waals surface area contributed by atoms with Crippen molar-refractivity contribution in [3.63, 3.8) is 0 Å². The molecule has 3 heteroatoms. The molecule has 0 saturated heterocycles. The molecule has 0 aliphatic heterocycles. The highest BCUT2D eigenvalue weighted by Crippen LogP contribution is 2.35. The number of nitrogens with two attached hydrogens (primary N) is 1. The van der Waals surface area contributed by atoms with Crippen molar-refractivity contribution in [3.05, 3.63) is 59.9 Å². The van der Waals surface area contributed by atoms with Crippen LogP contribution in [0.3, 0.4) is 0 Å². The van der Waals surface area contributed by atoms with Crippen LogP contribution in [-0.4, -0.2) is 12.1 Å². The molecule has 0 atom stereocenters. The molecule has 1 aromatic heterocycles. The van der Waals surface area contributed by atoms with Crippen molar-refractivity contribution in [2.24, 2.45) is 5.73 Å². The Kier molecular flexibility index (Phi) is 3.59. The molecule has 0 spiro atoms. The lowest BCUT2D eigenvalue weighted by Crippen LogP contribution is -2.01. The van der Waals surface area contributed by atoms with Gasteiger partial charge in [0, 0.05) is 29.3 Å². The summed E-state index contributed by atoms with van der Waals surface area (Å²) in [6, 6.07) is 14.4. The average molecular weight is 278 g/mol. The van der Waals surface area contributed by atoms with Crippen LogP contribution in [0.2, 0.25) is 0 Å². The summed E-state index contributed by atoms with van der Waals surface area (Å²) < 4.78 is 5.48. The maximum atomic E-state index is 5.82. The van der Waals surface area contributed by atoms with Crippen molar-refractivity contribution in [2.75, 3.05) is 7.11 Å². The number of hydrogen-bond acceptors (Lipinski definition) is 3. The molecule has 3 nitrogen and oxygen atoms in total. The van der Waals surface area contributed by atoms with Gasteiger partial charge in [-0.25, -0.2) is 0 Å². The summed E-state index contributed by atoms with van der Waals surface area (Å²) in [5.74, 6) is 0.849. The summed E-state index contributed by atoms with van der Waals surface area (Å²) in [7, 11) is 1.69. The van der Waals surface area contributed by atoms with E-state index in [9.17, 15) is 0 Å². The minimum absolute atomic E-state index is 0.437. The number of ether oxygens (including phenoxy) is 1. The SMILES string of the molecule is COc1ccccc1-c1cnc(CN)c2cc(C)ccc12. The minimum atomic E-state index is 0.437. The van der Waals surface area contributed by atoms with E-state index in [1.165, 1.54) is 5.56 Å². The van der Waals surface area contributed by atoms with Gasteiger partial charge in [-0.2, -0.15) is 0 Å². The molecule has 0 unspecified atom stereocenters. The summed E-state index contributed by atoms with van der Waals surface area (Å²) in [4.78, 5) is 4.54. The molecule has 0 saturated carbocycles. The highest BCUT2D eigenvalue weighted by Gasteiger charge is 2.12. The first-order chi connectivity index (χ1) is 10.2. The van der Waals surface area contributed by atoms with Crippen molar-refractivity contribution < 1.29 is 4.74 Å². The molecule has 0 amide bonds. The monoisotopic (exact) mass is 278 g/mol. The lowest BCUT2D eigenvalue weighted by atomic mass is 9.97. The first-order valence-electron chi connectivity index (χ1n) is 6.96. The van der Waals surface area contributed by atoms with Crippen molar-refractivity contribution in [3.8, 4) is 16.9 Å². The van der Waals surface area contributed by atoms with E-state index in [0.717, 1.165) is 33.3 Å². The van der Waals surface area contributed by atoms with Gasteiger partial charge in [0.25, 0.3) is 0 Å². The molecule has 2 aromatic carbocycles. The van der Waals surface area contributed by atoms with Crippen LogP contribution in [0.1, 0.15) is 11.3 Å². The van der Waals surface area contributed by atoms with Crippen LogP contribution in [0.15, 0.2) is 48.7 Å². The highest BCUT2D eigenvalue weighted by atomic mass is 16.5. The Morgan fingerprint density at radius 3 is 2.62 bits per heavy atom. The van der Waals surface area contributed by atoms with E-state index in [1.54, 1.807) is 7.11 Å². The molecular weight excluding hydrogens is 260 g/mol. The Morgan fingerprint density at radius 2 is 1.86 bits per heavy atom. The summed E-state index contributed by atoms with van der Waals surface area (Å²) in [5, 5.41) is 2.27. The number of benzene rings is 2. The zero-order valence-corrected chi connectivity index (χ0v) is 12.3. The quantitative estimate of drug-likeness (QED) is 0.795. The van der Waals surface area contributed by atoms with Crippen molar-refractivity contribution in [2.45, 2.75) is 13.5 Å². The van der Waals surface area contributed by atoms with Gasteiger partial charge in [0.2, 0.25) is 0 Å². The van der Waals surface area contributed by atoms with Gasteiger partial charge >= 0.3 is 0 Å². The van der Waals surface area contributed by atoms with Crippen LogP contribution in [0, 0.1) is 6.92 Å². The summed E-state index contributed by atoms with van der Waals surface area (Å²) in [6.45, 7) is 2.52. The Hall–Kier alpha value is -2.39. The molecule has 21 heavy (non-hydrogen) atoms. The summed E-state index contributed by atoms with van der Waals surface area (Å²) in [6.07, 6.45) is 1.89. The van der Waals surface area contributed by atoms with Gasteiger partial charge in [0.05, 0.1) is 12.8 Å². The lowest BCUT2D eigenvalue weighted by Gasteiger charge is -2.13. The number of aromatic nitrogens is 1. The Labute approximate surface area is 124 Å². The maximum Gasteiger partial charge on any atom is 0.126 e. The fourth-order valence-electron chi connectivity index (χ4n) is 2.66. The fourth-order valence-corrected chi connectivity index (χ4v) is 2.66. The third kappa shape index (κ3) is 2.36. The lowest BCUT2D eigenvalue weighted by molar-refractivity contribution is 0.416. The molecule has 1 heterocycles. The molecule has 0 fully saturated rings. The van der Waals surface area contributed by atoms with E-state index in [4.69, 9.17) is 10.5 Å². The number of fused-ring (bicyclic) bond motifs is 1. The summed E-state index contributed by atoms with van der Waals surface area (Å²) in [5.41, 5.74) is 10.1. The van der Waals surface area contributed by atoms with Crippen LogP contribution < -0.4 is 10.5 Å². The third-order valence-electron chi connectivity index (χ3n) is 3.72. The standard InChI is InChI=1S/C18H18N2O/c1-12-7-8-13-15(9-12)17(10-19)20-11-16(13)14-5-3-4-6-18(14)21-2/h3-9,11H,10,19H2,1-2H3. The first kappa shape index (κ1) is 13.6. The molecule has 0 aliphatic rings. The van der Waals surface area contributed by atoms with Gasteiger partial charge in [0.15, 0.2) is 0 Å². The Bertz CT molecular complexity index is 796. The van der Waals surface area contributed by atoms with Crippen LogP contribution in [0.25, 0.3) is 21.9 Å². The predicted molar refractivity (Wildman–Crippen MR) is 86.4 cm³/mol. The molecule has 0 bridgehead atoms. The molecule has 0 radical (unpaired) electrons. The molecule has 106 valence electrons. The van der Waals surface area contributed by atoms with Gasteiger partial charge in [0.1, 0.15) is 5.75 Å². The molecule has 0 aliphatic carbocycles. The number of pyridine rings is 1. The van der Waals surface area contributed by atoms with Gasteiger partial charge in [-0.1, -0.05) is 35.9 Å². The second-order valence-corrected chi connectivity index (χ2v) is 5.07. The zero-order chi connectivity index (χ0) is 14.8. The topological polar surface area (TPSA) is 48.1 Å². The number of nitrogens with zero attached hydrogens (tertiary/aromatic N) is 1. The number of hydrogen-bond donors (Lipinski definition) is 1. The summed E-state index contributed by atoms with van der Waals surface area (Å²) >= 11 is 0. The van der Waals surface area contributed by atoms with E-state index in [1.807, 2.05) is 24.4 Å². The van der Waals surface area contributed by atoms with Gasteiger partial charge < -0.3 is 10.5 Å².